The number of rotatable bonds is 11. The quantitative estimate of drug-likeness (QED) is 0.183. The standard InChI is InChI=1S/C35H45N5/c1-6-10-29(11-7-2)39(5)35(24-8-3,25-9-4)40-30-18-14-28-16-21-32(37-28)31-20-15-26(36-31)12-13-27-17-22-33(38-27)34(40)23-19-30/h12-23,29,38H,6-11,24-25H2,1-5H3. The SMILES string of the molecule is CCCC(CCC)N(C)C(CCC)(CCC)n1c2ccc3nc(c4nc(ccc5ccc([nH]5)c1cc2)C=C4)C=C3. The van der Waals surface area contributed by atoms with Crippen molar-refractivity contribution in [2.45, 2.75) is 90.8 Å². The Balaban J connectivity index is 1.84. The summed E-state index contributed by atoms with van der Waals surface area (Å²) >= 11 is 0. The van der Waals surface area contributed by atoms with Crippen molar-refractivity contribution in [2.75, 3.05) is 7.05 Å². The van der Waals surface area contributed by atoms with E-state index in [0.29, 0.717) is 6.04 Å². The minimum Gasteiger partial charge on any atom is -0.354 e. The molecule has 1 N–H and O–H groups in total. The molecule has 210 valence electrons. The number of H-pyrrole nitrogens is 1. The average molecular weight is 536 g/mol. The predicted molar refractivity (Wildman–Crippen MR) is 172 cm³/mol. The molecule has 0 saturated carbocycles. The lowest BCUT2D eigenvalue weighted by atomic mass is 9.91. The molecule has 5 nitrogen and oxygen atoms in total. The van der Waals surface area contributed by atoms with E-state index in [0.717, 1.165) is 59.5 Å². The van der Waals surface area contributed by atoms with E-state index in [4.69, 9.17) is 9.97 Å². The molecular weight excluding hydrogens is 490 g/mol. The summed E-state index contributed by atoms with van der Waals surface area (Å²) in [7, 11) is 2.39. The third kappa shape index (κ3) is 5.44. The van der Waals surface area contributed by atoms with Gasteiger partial charge in [-0.2, -0.15) is 0 Å². The highest BCUT2D eigenvalue weighted by molar-refractivity contribution is 5.83. The lowest BCUT2D eigenvalue weighted by Crippen LogP contribution is -2.53. The van der Waals surface area contributed by atoms with E-state index in [1.54, 1.807) is 0 Å². The van der Waals surface area contributed by atoms with E-state index in [9.17, 15) is 0 Å². The topological polar surface area (TPSA) is 49.7 Å². The van der Waals surface area contributed by atoms with Crippen LogP contribution in [0.4, 0.5) is 0 Å². The van der Waals surface area contributed by atoms with Crippen LogP contribution in [0.2, 0.25) is 0 Å². The summed E-state index contributed by atoms with van der Waals surface area (Å²) in [5.74, 6) is 0. The monoisotopic (exact) mass is 535 g/mol. The van der Waals surface area contributed by atoms with Gasteiger partial charge in [0.05, 0.1) is 39.5 Å². The minimum atomic E-state index is -0.137. The molecule has 0 atom stereocenters. The maximum absolute atomic E-state index is 4.90. The maximum Gasteiger partial charge on any atom is 0.0982 e. The van der Waals surface area contributed by atoms with Gasteiger partial charge in [0, 0.05) is 17.1 Å². The molecule has 0 saturated heterocycles. The first kappa shape index (κ1) is 28.1. The molecule has 8 bridgehead atoms. The molecule has 0 spiro atoms. The van der Waals surface area contributed by atoms with Crippen molar-refractivity contribution in [2.24, 2.45) is 0 Å². The van der Waals surface area contributed by atoms with E-state index in [2.05, 4.69) is 116 Å². The third-order valence-corrected chi connectivity index (χ3v) is 8.50. The second-order valence-electron chi connectivity index (χ2n) is 11.3. The number of nitrogens with one attached hydrogen (secondary N) is 1. The molecule has 5 rings (SSSR count). The molecule has 2 aliphatic heterocycles. The van der Waals surface area contributed by atoms with Gasteiger partial charge in [-0.25, -0.2) is 9.97 Å². The number of fused-ring (bicyclic) bond motifs is 10. The zero-order valence-corrected chi connectivity index (χ0v) is 25.0. The molecule has 0 amide bonds. The van der Waals surface area contributed by atoms with Gasteiger partial charge in [-0.05, 0) is 106 Å². The molecule has 0 radical (unpaired) electrons. The molecule has 0 fully saturated rings. The highest BCUT2D eigenvalue weighted by atomic mass is 15.4. The van der Waals surface area contributed by atoms with Gasteiger partial charge in [0.2, 0.25) is 0 Å². The van der Waals surface area contributed by atoms with Crippen molar-refractivity contribution in [3.05, 3.63) is 71.3 Å². The van der Waals surface area contributed by atoms with Gasteiger partial charge in [-0.15, -0.1) is 0 Å². The molecule has 40 heavy (non-hydrogen) atoms. The summed E-state index contributed by atoms with van der Waals surface area (Å²) in [4.78, 5) is 16.1. The first-order valence-corrected chi connectivity index (χ1v) is 15.3. The van der Waals surface area contributed by atoms with Crippen molar-refractivity contribution < 1.29 is 0 Å². The predicted octanol–water partition coefficient (Wildman–Crippen LogP) is 9.28. The molecule has 5 heterocycles. The average Bonchev–Trinajstić information content (AvgIpc) is 3.76. The molecule has 0 aliphatic carbocycles. The van der Waals surface area contributed by atoms with Crippen LogP contribution in [0.25, 0.3) is 46.4 Å². The van der Waals surface area contributed by atoms with Crippen molar-refractivity contribution in [3.8, 4) is 0 Å². The number of hydrogen-bond donors (Lipinski definition) is 1. The van der Waals surface area contributed by atoms with Crippen molar-refractivity contribution >= 4 is 46.4 Å². The van der Waals surface area contributed by atoms with E-state index < -0.39 is 0 Å². The zero-order chi connectivity index (χ0) is 28.1. The Morgan fingerprint density at radius 3 is 1.90 bits per heavy atom. The molecule has 0 unspecified atom stereocenters. The van der Waals surface area contributed by atoms with Crippen molar-refractivity contribution in [1.29, 1.82) is 0 Å². The van der Waals surface area contributed by atoms with Crippen molar-refractivity contribution in [1.82, 2.24) is 24.4 Å². The fourth-order valence-electron chi connectivity index (χ4n) is 6.69. The van der Waals surface area contributed by atoms with Crippen LogP contribution in [0.5, 0.6) is 0 Å². The van der Waals surface area contributed by atoms with Crippen LogP contribution < -0.4 is 0 Å². The van der Waals surface area contributed by atoms with Crippen LogP contribution in [0, 0.1) is 0 Å². The van der Waals surface area contributed by atoms with E-state index in [1.165, 1.54) is 36.7 Å². The van der Waals surface area contributed by atoms with E-state index >= 15 is 0 Å². The van der Waals surface area contributed by atoms with Crippen molar-refractivity contribution in [3.63, 3.8) is 0 Å². The van der Waals surface area contributed by atoms with Crippen LogP contribution in [0.1, 0.15) is 102 Å². The van der Waals surface area contributed by atoms with Crippen LogP contribution in [-0.4, -0.2) is 37.5 Å². The van der Waals surface area contributed by atoms with Gasteiger partial charge in [0.25, 0.3) is 0 Å². The van der Waals surface area contributed by atoms with E-state index in [-0.39, 0.29) is 5.66 Å². The highest BCUT2D eigenvalue weighted by Gasteiger charge is 2.39. The summed E-state index contributed by atoms with van der Waals surface area (Å²) < 4.78 is 2.65. The second kappa shape index (κ2) is 12.4. The Labute approximate surface area is 239 Å². The molecular formula is C35H45N5. The third-order valence-electron chi connectivity index (χ3n) is 8.50. The Morgan fingerprint density at radius 1 is 0.725 bits per heavy atom. The van der Waals surface area contributed by atoms with Gasteiger partial charge in [0.1, 0.15) is 0 Å². The number of aromatic amines is 1. The summed E-state index contributed by atoms with van der Waals surface area (Å²) in [6.07, 6.45) is 17.5. The Bertz CT molecular complexity index is 1520. The fourth-order valence-corrected chi connectivity index (χ4v) is 6.69. The van der Waals surface area contributed by atoms with Gasteiger partial charge in [-0.1, -0.05) is 53.4 Å². The number of hydrogen-bond acceptors (Lipinski definition) is 3. The molecule has 3 aromatic rings. The Hall–Kier alpha value is -3.44. The second-order valence-corrected chi connectivity index (χ2v) is 11.3. The summed E-state index contributed by atoms with van der Waals surface area (Å²) in [6, 6.07) is 18.1. The fraction of sp³-hybridized carbons (Fsp3) is 0.429. The van der Waals surface area contributed by atoms with Gasteiger partial charge >= 0.3 is 0 Å². The Morgan fingerprint density at radius 2 is 1.30 bits per heavy atom. The summed E-state index contributed by atoms with van der Waals surface area (Å²) in [6.45, 7) is 9.31. The zero-order valence-electron chi connectivity index (χ0n) is 25.0. The Kier molecular flexibility index (Phi) is 8.70. The lowest BCUT2D eigenvalue weighted by molar-refractivity contribution is -0.0123. The smallest absolute Gasteiger partial charge is 0.0982 e. The number of aromatic nitrogens is 4. The van der Waals surface area contributed by atoms with Crippen LogP contribution in [0.15, 0.2) is 48.5 Å². The molecule has 2 aliphatic rings. The van der Waals surface area contributed by atoms with Crippen LogP contribution in [0.3, 0.4) is 0 Å². The minimum absolute atomic E-state index is 0.137. The largest absolute Gasteiger partial charge is 0.354 e. The van der Waals surface area contributed by atoms with Gasteiger partial charge in [-0.3, -0.25) is 4.90 Å². The normalized spacial score (nSPS) is 13.2. The van der Waals surface area contributed by atoms with Crippen LogP contribution >= 0.6 is 0 Å². The maximum atomic E-state index is 4.90. The summed E-state index contributed by atoms with van der Waals surface area (Å²) in [5.41, 5.74) is 8.25. The first-order valence-electron chi connectivity index (χ1n) is 15.3. The molecule has 5 heteroatoms. The van der Waals surface area contributed by atoms with Crippen LogP contribution in [-0.2, 0) is 5.66 Å². The molecule has 3 aromatic heterocycles. The highest BCUT2D eigenvalue weighted by Crippen LogP contribution is 2.39. The summed E-state index contributed by atoms with van der Waals surface area (Å²) in [5, 5.41) is 0. The lowest BCUT2D eigenvalue weighted by Gasteiger charge is -2.48. The molecule has 0 aromatic carbocycles. The first-order chi connectivity index (χ1) is 19.5. The number of nitrogens with zero attached hydrogens (tertiary/aromatic N) is 4. The van der Waals surface area contributed by atoms with E-state index in [1.807, 2.05) is 6.08 Å². The van der Waals surface area contributed by atoms with Gasteiger partial charge < -0.3 is 9.55 Å². The van der Waals surface area contributed by atoms with Gasteiger partial charge in [0.15, 0.2) is 0 Å².